The first kappa shape index (κ1) is 11.1. The first-order valence-electron chi connectivity index (χ1n) is 6.04. The fraction of sp³-hybridized carbons (Fsp3) is 0.462. The molecule has 0 bridgehead atoms. The minimum Gasteiger partial charge on any atom is -0.328 e. The van der Waals surface area contributed by atoms with Crippen LogP contribution in [0.3, 0.4) is 0 Å². The van der Waals surface area contributed by atoms with Crippen molar-refractivity contribution in [3.05, 3.63) is 29.0 Å². The molecule has 0 radical (unpaired) electrons. The molecule has 1 saturated carbocycles. The number of thiazole rings is 1. The average molecular weight is 250 g/mol. The van der Waals surface area contributed by atoms with Gasteiger partial charge in [-0.15, -0.1) is 11.3 Å². The fourth-order valence-electron chi connectivity index (χ4n) is 2.54. The van der Waals surface area contributed by atoms with Crippen molar-refractivity contribution >= 4 is 21.6 Å². The molecule has 2 N–H and O–H groups in total. The van der Waals surface area contributed by atoms with Crippen LogP contribution in [0.5, 0.6) is 0 Å². The molecule has 3 rings (SSSR count). The molecule has 1 heterocycles. The van der Waals surface area contributed by atoms with Gasteiger partial charge in [0.15, 0.2) is 0 Å². The van der Waals surface area contributed by atoms with E-state index in [1.807, 2.05) is 0 Å². The molecule has 1 aromatic heterocycles. The number of hydrogen-bond acceptors (Lipinski definition) is 3. The summed E-state index contributed by atoms with van der Waals surface area (Å²) in [6, 6.07) is 5.10. The van der Waals surface area contributed by atoms with E-state index in [1.165, 1.54) is 12.5 Å². The van der Waals surface area contributed by atoms with Crippen molar-refractivity contribution in [2.24, 2.45) is 5.73 Å². The van der Waals surface area contributed by atoms with E-state index < -0.39 is 0 Å². The Morgan fingerprint density at radius 3 is 3.06 bits per heavy atom. The van der Waals surface area contributed by atoms with Crippen LogP contribution in [-0.4, -0.2) is 11.0 Å². The third-order valence-electron chi connectivity index (χ3n) is 3.43. The third kappa shape index (κ3) is 2.19. The molecule has 0 aliphatic heterocycles. The molecular weight excluding hydrogens is 235 g/mol. The van der Waals surface area contributed by atoms with Crippen LogP contribution < -0.4 is 5.73 Å². The first-order valence-corrected chi connectivity index (χ1v) is 6.85. The topological polar surface area (TPSA) is 38.9 Å². The quantitative estimate of drug-likeness (QED) is 0.842. The number of hydrogen-bond donors (Lipinski definition) is 1. The molecule has 2 unspecified atom stereocenters. The molecule has 90 valence electrons. The van der Waals surface area contributed by atoms with Crippen LogP contribution in [-0.2, 0) is 0 Å². The second kappa shape index (κ2) is 4.35. The van der Waals surface area contributed by atoms with Crippen molar-refractivity contribution in [2.45, 2.75) is 37.6 Å². The van der Waals surface area contributed by atoms with Crippen LogP contribution in [0.15, 0.2) is 18.2 Å². The number of aromatic nitrogens is 1. The number of benzene rings is 1. The number of rotatable bonds is 1. The fourth-order valence-corrected chi connectivity index (χ4v) is 3.68. The van der Waals surface area contributed by atoms with Gasteiger partial charge in [-0.25, -0.2) is 9.37 Å². The zero-order valence-corrected chi connectivity index (χ0v) is 10.3. The summed E-state index contributed by atoms with van der Waals surface area (Å²) in [7, 11) is 0. The summed E-state index contributed by atoms with van der Waals surface area (Å²) in [6.45, 7) is 0. The number of nitrogens with two attached hydrogens (primary N) is 1. The van der Waals surface area contributed by atoms with Gasteiger partial charge in [-0.1, -0.05) is 6.42 Å². The zero-order chi connectivity index (χ0) is 11.8. The van der Waals surface area contributed by atoms with E-state index in [-0.39, 0.29) is 5.82 Å². The number of nitrogens with zero attached hydrogens (tertiary/aromatic N) is 1. The molecule has 0 spiro atoms. The minimum atomic E-state index is -0.187. The molecular formula is C13H15FN2S. The van der Waals surface area contributed by atoms with Crippen molar-refractivity contribution in [3.63, 3.8) is 0 Å². The van der Waals surface area contributed by atoms with Gasteiger partial charge < -0.3 is 5.73 Å². The van der Waals surface area contributed by atoms with E-state index >= 15 is 0 Å². The highest BCUT2D eigenvalue weighted by molar-refractivity contribution is 7.18. The summed E-state index contributed by atoms with van der Waals surface area (Å²) >= 11 is 1.61. The average Bonchev–Trinajstić information content (AvgIpc) is 2.72. The van der Waals surface area contributed by atoms with Gasteiger partial charge in [0.05, 0.1) is 15.2 Å². The molecule has 17 heavy (non-hydrogen) atoms. The van der Waals surface area contributed by atoms with Crippen molar-refractivity contribution in [1.82, 2.24) is 4.98 Å². The summed E-state index contributed by atoms with van der Waals surface area (Å²) < 4.78 is 14.1. The van der Waals surface area contributed by atoms with Gasteiger partial charge in [-0.05, 0) is 37.5 Å². The molecule has 4 heteroatoms. The molecule has 1 aliphatic rings. The minimum absolute atomic E-state index is 0.187. The van der Waals surface area contributed by atoms with Crippen LogP contribution >= 0.6 is 11.3 Å². The molecule has 0 amide bonds. The maximum absolute atomic E-state index is 13.1. The van der Waals surface area contributed by atoms with E-state index in [0.717, 1.165) is 34.5 Å². The van der Waals surface area contributed by atoms with Crippen molar-refractivity contribution in [1.29, 1.82) is 0 Å². The molecule has 1 aliphatic carbocycles. The van der Waals surface area contributed by atoms with Gasteiger partial charge >= 0.3 is 0 Å². The van der Waals surface area contributed by atoms with E-state index in [0.29, 0.717) is 12.0 Å². The SMILES string of the molecule is NC1CCCC(c2nc3ccc(F)cc3s2)C1. The van der Waals surface area contributed by atoms with Gasteiger partial charge in [0.25, 0.3) is 0 Å². The predicted octanol–water partition coefficient (Wildman–Crippen LogP) is 3.42. The zero-order valence-electron chi connectivity index (χ0n) is 9.53. The summed E-state index contributed by atoms with van der Waals surface area (Å²) in [4.78, 5) is 4.61. The van der Waals surface area contributed by atoms with Gasteiger partial charge in [-0.3, -0.25) is 0 Å². The van der Waals surface area contributed by atoms with Gasteiger partial charge in [0.2, 0.25) is 0 Å². The summed E-state index contributed by atoms with van der Waals surface area (Å²) in [5.74, 6) is 0.284. The van der Waals surface area contributed by atoms with E-state index in [1.54, 1.807) is 23.5 Å². The second-order valence-electron chi connectivity index (χ2n) is 4.79. The maximum Gasteiger partial charge on any atom is 0.124 e. The van der Waals surface area contributed by atoms with Gasteiger partial charge in [0.1, 0.15) is 5.82 Å². The van der Waals surface area contributed by atoms with Crippen LogP contribution in [0.2, 0.25) is 0 Å². The smallest absolute Gasteiger partial charge is 0.124 e. The summed E-state index contributed by atoms with van der Waals surface area (Å²) in [6.07, 6.45) is 4.48. The molecule has 1 aromatic carbocycles. The van der Waals surface area contributed by atoms with Gasteiger partial charge in [0, 0.05) is 12.0 Å². The highest BCUT2D eigenvalue weighted by Crippen LogP contribution is 2.36. The van der Waals surface area contributed by atoms with Crippen LogP contribution in [0, 0.1) is 5.82 Å². The molecule has 0 saturated heterocycles. The summed E-state index contributed by atoms with van der Waals surface area (Å²) in [5, 5.41) is 1.13. The second-order valence-corrected chi connectivity index (χ2v) is 5.85. The lowest BCUT2D eigenvalue weighted by atomic mass is 9.87. The van der Waals surface area contributed by atoms with Crippen molar-refractivity contribution < 1.29 is 4.39 Å². The Labute approximate surface area is 104 Å². The Balaban J connectivity index is 1.94. The molecule has 2 nitrogen and oxygen atoms in total. The Bertz CT molecular complexity index is 537. The van der Waals surface area contributed by atoms with Crippen LogP contribution in [0.4, 0.5) is 4.39 Å². The summed E-state index contributed by atoms with van der Waals surface area (Å²) in [5.41, 5.74) is 6.91. The van der Waals surface area contributed by atoms with Gasteiger partial charge in [-0.2, -0.15) is 0 Å². The number of halogens is 1. The van der Waals surface area contributed by atoms with Crippen molar-refractivity contribution in [3.8, 4) is 0 Å². The van der Waals surface area contributed by atoms with E-state index in [9.17, 15) is 4.39 Å². The van der Waals surface area contributed by atoms with Crippen LogP contribution in [0.1, 0.15) is 36.6 Å². The molecule has 2 atom stereocenters. The lowest BCUT2D eigenvalue weighted by Crippen LogP contribution is -2.26. The third-order valence-corrected chi connectivity index (χ3v) is 4.61. The maximum atomic E-state index is 13.1. The molecule has 1 fully saturated rings. The predicted molar refractivity (Wildman–Crippen MR) is 68.8 cm³/mol. The normalized spacial score (nSPS) is 25.3. The van der Waals surface area contributed by atoms with E-state index in [2.05, 4.69) is 4.98 Å². The number of fused-ring (bicyclic) bond motifs is 1. The van der Waals surface area contributed by atoms with Crippen molar-refractivity contribution in [2.75, 3.05) is 0 Å². The Morgan fingerprint density at radius 1 is 1.35 bits per heavy atom. The lowest BCUT2D eigenvalue weighted by Gasteiger charge is -2.24. The standard InChI is InChI=1S/C13H15FN2S/c14-9-4-5-11-12(7-9)17-13(16-11)8-2-1-3-10(15)6-8/h4-5,7-8,10H,1-3,6,15H2. The van der Waals surface area contributed by atoms with E-state index in [4.69, 9.17) is 5.73 Å². The Morgan fingerprint density at radius 2 is 2.24 bits per heavy atom. The molecule has 2 aromatic rings. The lowest BCUT2D eigenvalue weighted by molar-refractivity contribution is 0.393. The Hall–Kier alpha value is -1.000. The highest BCUT2D eigenvalue weighted by Gasteiger charge is 2.23. The largest absolute Gasteiger partial charge is 0.328 e. The Kier molecular flexibility index (Phi) is 2.84. The highest BCUT2D eigenvalue weighted by atomic mass is 32.1. The van der Waals surface area contributed by atoms with Crippen LogP contribution in [0.25, 0.3) is 10.2 Å². The monoisotopic (exact) mass is 250 g/mol. The first-order chi connectivity index (χ1) is 8.22.